The van der Waals surface area contributed by atoms with Gasteiger partial charge in [0.05, 0.1) is 28.4 Å². The average molecular weight is 505 g/mol. The highest BCUT2D eigenvalue weighted by molar-refractivity contribution is 6.05. The van der Waals surface area contributed by atoms with Crippen molar-refractivity contribution < 1.29 is 0 Å². The lowest BCUT2D eigenvalue weighted by Crippen LogP contribution is -2.30. The van der Waals surface area contributed by atoms with Crippen LogP contribution in [0.2, 0.25) is 0 Å². The summed E-state index contributed by atoms with van der Waals surface area (Å²) in [5.74, 6) is 0. The van der Waals surface area contributed by atoms with E-state index in [1.165, 1.54) is 22.5 Å². The number of azo groups is 1. The van der Waals surface area contributed by atoms with Crippen molar-refractivity contribution in [3.8, 4) is 0 Å². The molecule has 188 valence electrons. The van der Waals surface area contributed by atoms with Crippen molar-refractivity contribution >= 4 is 55.7 Å². The van der Waals surface area contributed by atoms with Gasteiger partial charge in [0.15, 0.2) is 0 Å². The van der Waals surface area contributed by atoms with Gasteiger partial charge in [-0.1, -0.05) is 105 Å². The summed E-state index contributed by atoms with van der Waals surface area (Å²) in [4.78, 5) is 2.39. The van der Waals surface area contributed by atoms with Crippen LogP contribution in [0, 0.1) is 0 Å². The third-order valence-electron chi connectivity index (χ3n) is 7.95. The second-order valence-electron chi connectivity index (χ2n) is 10.6. The van der Waals surface area contributed by atoms with E-state index in [4.69, 9.17) is 10.8 Å². The Morgan fingerprint density at radius 2 is 1.13 bits per heavy atom. The molecule has 0 fully saturated rings. The fourth-order valence-corrected chi connectivity index (χ4v) is 5.97. The molecule has 0 saturated carbocycles. The van der Waals surface area contributed by atoms with E-state index in [2.05, 4.69) is 115 Å². The van der Waals surface area contributed by atoms with E-state index >= 15 is 0 Å². The fourth-order valence-electron chi connectivity index (χ4n) is 5.97. The standard InChI is InChI=1S/C35H28N4/c1-35(2)27-15-7-9-17-32(27)39(33-18-10-8-16-28(33)35)31-22-21-30(25-13-5-6-14-26(25)31)37-38-34-24-12-4-3-11-23(24)19-20-29(34)36/h3-22H,36H2,1-2H3. The van der Waals surface area contributed by atoms with Crippen LogP contribution in [0.3, 0.4) is 0 Å². The molecule has 6 aromatic rings. The number of para-hydroxylation sites is 2. The molecule has 0 atom stereocenters. The van der Waals surface area contributed by atoms with Crippen molar-refractivity contribution in [3.05, 3.63) is 132 Å². The van der Waals surface area contributed by atoms with Crippen LogP contribution >= 0.6 is 0 Å². The first-order valence-corrected chi connectivity index (χ1v) is 13.2. The molecule has 2 N–H and O–H groups in total. The summed E-state index contributed by atoms with van der Waals surface area (Å²) in [6.45, 7) is 4.62. The maximum atomic E-state index is 6.34. The maximum absolute atomic E-state index is 6.34. The van der Waals surface area contributed by atoms with E-state index in [0.29, 0.717) is 11.4 Å². The van der Waals surface area contributed by atoms with Crippen LogP contribution in [-0.2, 0) is 5.41 Å². The van der Waals surface area contributed by atoms with E-state index in [1.807, 2.05) is 30.3 Å². The Labute approximate surface area is 228 Å². The minimum absolute atomic E-state index is 0.105. The number of nitrogens with zero attached hydrogens (tertiary/aromatic N) is 3. The van der Waals surface area contributed by atoms with Crippen molar-refractivity contribution in [2.24, 2.45) is 10.2 Å². The molecule has 0 aromatic heterocycles. The van der Waals surface area contributed by atoms with Gasteiger partial charge in [0.25, 0.3) is 0 Å². The Hall–Kier alpha value is -4.96. The van der Waals surface area contributed by atoms with Crippen LogP contribution in [0.15, 0.2) is 132 Å². The monoisotopic (exact) mass is 504 g/mol. The van der Waals surface area contributed by atoms with Crippen LogP contribution in [0.1, 0.15) is 25.0 Å². The summed E-state index contributed by atoms with van der Waals surface area (Å²) in [6, 6.07) is 42.1. The highest BCUT2D eigenvalue weighted by Crippen LogP contribution is 2.53. The molecule has 0 aliphatic carbocycles. The van der Waals surface area contributed by atoms with E-state index in [-0.39, 0.29) is 5.41 Å². The van der Waals surface area contributed by atoms with Crippen molar-refractivity contribution in [2.45, 2.75) is 19.3 Å². The van der Waals surface area contributed by atoms with E-state index in [1.54, 1.807) is 0 Å². The normalized spacial score (nSPS) is 14.1. The molecule has 1 aliphatic rings. The molecule has 4 nitrogen and oxygen atoms in total. The first kappa shape index (κ1) is 23.2. The first-order valence-electron chi connectivity index (χ1n) is 13.2. The van der Waals surface area contributed by atoms with Gasteiger partial charge in [-0.15, -0.1) is 10.2 Å². The molecule has 0 saturated heterocycles. The molecule has 0 unspecified atom stereocenters. The van der Waals surface area contributed by atoms with Gasteiger partial charge in [-0.3, -0.25) is 0 Å². The third kappa shape index (κ3) is 3.60. The first-order chi connectivity index (χ1) is 19.0. The molecule has 39 heavy (non-hydrogen) atoms. The zero-order chi connectivity index (χ0) is 26.6. The number of hydrogen-bond acceptors (Lipinski definition) is 4. The number of fused-ring (bicyclic) bond motifs is 4. The maximum Gasteiger partial charge on any atom is 0.116 e. The number of benzene rings is 6. The smallest absolute Gasteiger partial charge is 0.116 e. The quantitative estimate of drug-likeness (QED) is 0.192. The summed E-state index contributed by atoms with van der Waals surface area (Å²) in [6.07, 6.45) is 0. The van der Waals surface area contributed by atoms with E-state index in [0.717, 1.165) is 32.9 Å². The predicted octanol–water partition coefficient (Wildman–Crippen LogP) is 10.1. The van der Waals surface area contributed by atoms with Gasteiger partial charge in [-0.05, 0) is 46.8 Å². The van der Waals surface area contributed by atoms with Gasteiger partial charge in [-0.25, -0.2) is 0 Å². The van der Waals surface area contributed by atoms with Gasteiger partial charge >= 0.3 is 0 Å². The van der Waals surface area contributed by atoms with Gasteiger partial charge in [0.1, 0.15) is 5.69 Å². The number of anilines is 4. The van der Waals surface area contributed by atoms with E-state index in [9.17, 15) is 0 Å². The molecule has 0 amide bonds. The summed E-state index contributed by atoms with van der Waals surface area (Å²) in [7, 11) is 0. The topological polar surface area (TPSA) is 54.0 Å². The van der Waals surface area contributed by atoms with Gasteiger partial charge in [0.2, 0.25) is 0 Å². The summed E-state index contributed by atoms with van der Waals surface area (Å²) < 4.78 is 0. The van der Waals surface area contributed by atoms with Crippen LogP contribution in [-0.4, -0.2) is 0 Å². The number of nitrogens with two attached hydrogens (primary N) is 1. The molecule has 0 spiro atoms. The Morgan fingerprint density at radius 1 is 0.538 bits per heavy atom. The summed E-state index contributed by atoms with van der Waals surface area (Å²) >= 11 is 0. The highest BCUT2D eigenvalue weighted by Gasteiger charge is 2.36. The van der Waals surface area contributed by atoms with Crippen LogP contribution < -0.4 is 10.6 Å². The zero-order valence-corrected chi connectivity index (χ0v) is 22.0. The molecule has 1 aliphatic heterocycles. The van der Waals surface area contributed by atoms with Crippen LogP contribution in [0.5, 0.6) is 0 Å². The van der Waals surface area contributed by atoms with Crippen molar-refractivity contribution in [1.29, 1.82) is 0 Å². The SMILES string of the molecule is CC1(C)c2ccccc2N(c2ccc(N=Nc3c(N)ccc4ccccc34)c3ccccc23)c2ccccc21. The number of rotatable bonds is 3. The molecule has 1 heterocycles. The predicted molar refractivity (Wildman–Crippen MR) is 163 cm³/mol. The molecule has 4 heteroatoms. The lowest BCUT2D eigenvalue weighted by molar-refractivity contribution is 0.632. The fraction of sp³-hybridized carbons (Fsp3) is 0.0857. The Morgan fingerprint density at radius 3 is 1.85 bits per heavy atom. The number of hydrogen-bond donors (Lipinski definition) is 1. The molecular weight excluding hydrogens is 476 g/mol. The van der Waals surface area contributed by atoms with Crippen molar-refractivity contribution in [2.75, 3.05) is 10.6 Å². The minimum atomic E-state index is -0.105. The zero-order valence-electron chi connectivity index (χ0n) is 22.0. The van der Waals surface area contributed by atoms with Crippen molar-refractivity contribution in [3.63, 3.8) is 0 Å². The molecule has 0 bridgehead atoms. The lowest BCUT2D eigenvalue weighted by atomic mass is 9.73. The van der Waals surface area contributed by atoms with Gasteiger partial charge in [0, 0.05) is 21.6 Å². The summed E-state index contributed by atoms with van der Waals surface area (Å²) in [5, 5.41) is 13.6. The van der Waals surface area contributed by atoms with E-state index < -0.39 is 0 Å². The third-order valence-corrected chi connectivity index (χ3v) is 7.95. The Bertz CT molecular complexity index is 1870. The number of nitrogen functional groups attached to an aromatic ring is 1. The Balaban J connectivity index is 1.42. The molecule has 0 radical (unpaired) electrons. The Kier molecular flexibility index (Phi) is 5.24. The van der Waals surface area contributed by atoms with Crippen LogP contribution in [0.25, 0.3) is 21.5 Å². The molecule has 6 aromatic carbocycles. The minimum Gasteiger partial charge on any atom is -0.397 e. The van der Waals surface area contributed by atoms with Gasteiger partial charge < -0.3 is 10.6 Å². The highest BCUT2D eigenvalue weighted by atomic mass is 15.2. The largest absolute Gasteiger partial charge is 0.397 e. The molecule has 7 rings (SSSR count). The van der Waals surface area contributed by atoms with Gasteiger partial charge in [-0.2, -0.15) is 0 Å². The van der Waals surface area contributed by atoms with Crippen molar-refractivity contribution in [1.82, 2.24) is 0 Å². The summed E-state index contributed by atoms with van der Waals surface area (Å²) in [5.41, 5.74) is 14.5. The average Bonchev–Trinajstić information content (AvgIpc) is 2.97. The lowest BCUT2D eigenvalue weighted by Gasteiger charge is -2.42. The second kappa shape index (κ2) is 8.81. The molecular formula is C35H28N4. The second-order valence-corrected chi connectivity index (χ2v) is 10.6. The van der Waals surface area contributed by atoms with Crippen LogP contribution in [0.4, 0.5) is 34.1 Å².